The number of rotatable bonds is 4. The number of aryl methyl sites for hydroxylation is 4. The van der Waals surface area contributed by atoms with Gasteiger partial charge in [0.05, 0.1) is 0 Å². The molecule has 4 aliphatic carbocycles. The van der Waals surface area contributed by atoms with Gasteiger partial charge in [-0.15, -0.1) is 0 Å². The van der Waals surface area contributed by atoms with Gasteiger partial charge in [0.15, 0.2) is 0 Å². The first-order valence-electron chi connectivity index (χ1n) is 12.5. The zero-order chi connectivity index (χ0) is 23.5. The molecule has 0 atom stereocenters. The Kier molecular flexibility index (Phi) is 5.90. The summed E-state index contributed by atoms with van der Waals surface area (Å²) in [4.78, 5) is 2.43. The minimum absolute atomic E-state index is 0.991. The van der Waals surface area contributed by atoms with Crippen LogP contribution in [0.3, 0.4) is 0 Å². The molecule has 5 aromatic rings. The van der Waals surface area contributed by atoms with Gasteiger partial charge < -0.3 is 4.90 Å². The van der Waals surface area contributed by atoms with Crippen molar-refractivity contribution in [3.05, 3.63) is 150 Å². The summed E-state index contributed by atoms with van der Waals surface area (Å²) in [5, 5.41) is 0. The van der Waals surface area contributed by atoms with Crippen LogP contribution in [0.25, 0.3) is 11.1 Å². The van der Waals surface area contributed by atoms with Gasteiger partial charge in [-0.1, -0.05) is 91.0 Å². The first-order valence-corrected chi connectivity index (χ1v) is 12.5. The molecule has 0 heterocycles. The fourth-order valence-corrected chi connectivity index (χ4v) is 5.19. The van der Waals surface area contributed by atoms with Gasteiger partial charge in [-0.05, 0) is 95.5 Å². The number of benzene rings is 5. The molecule has 0 aromatic heterocycles. The Balaban J connectivity index is 1.58. The van der Waals surface area contributed by atoms with E-state index >= 15 is 0 Å². The van der Waals surface area contributed by atoms with E-state index in [0.29, 0.717) is 0 Å². The molecule has 9 rings (SSSR count). The van der Waals surface area contributed by atoms with Crippen molar-refractivity contribution in [3.63, 3.8) is 0 Å². The van der Waals surface area contributed by atoms with E-state index in [9.17, 15) is 0 Å². The molecule has 0 spiro atoms. The molecule has 0 saturated carbocycles. The number of anilines is 3. The summed E-state index contributed by atoms with van der Waals surface area (Å²) in [6.07, 6.45) is 4.06. The van der Waals surface area contributed by atoms with Gasteiger partial charge in [-0.25, -0.2) is 0 Å². The maximum Gasteiger partial charge on any atom is 0.0496 e. The van der Waals surface area contributed by atoms with Crippen LogP contribution >= 0.6 is 0 Å². The minimum atomic E-state index is 0.991. The predicted molar refractivity (Wildman–Crippen MR) is 148 cm³/mol. The van der Waals surface area contributed by atoms with Crippen molar-refractivity contribution in [1.82, 2.24) is 0 Å². The Morgan fingerprint density at radius 3 is 1.46 bits per heavy atom. The van der Waals surface area contributed by atoms with Gasteiger partial charge in [-0.3, -0.25) is 0 Å². The molecule has 0 fully saturated rings. The number of para-hydroxylation sites is 2. The van der Waals surface area contributed by atoms with Crippen molar-refractivity contribution < 1.29 is 0 Å². The lowest BCUT2D eigenvalue weighted by molar-refractivity contribution is 0.920. The smallest absolute Gasteiger partial charge is 0.0496 e. The van der Waals surface area contributed by atoms with Crippen LogP contribution in [0.5, 0.6) is 0 Å². The second-order valence-corrected chi connectivity index (χ2v) is 9.33. The second kappa shape index (κ2) is 9.64. The summed E-state index contributed by atoms with van der Waals surface area (Å²) in [5.74, 6) is 0. The minimum Gasteiger partial charge on any atom is -0.310 e. The molecule has 4 bridgehead atoms. The molecule has 0 radical (unpaired) electrons. The molecule has 4 aliphatic rings. The van der Waals surface area contributed by atoms with Crippen LogP contribution in [0.15, 0.2) is 127 Å². The average Bonchev–Trinajstić information content (AvgIpc) is 2.92. The van der Waals surface area contributed by atoms with E-state index < -0.39 is 0 Å². The Morgan fingerprint density at radius 2 is 0.914 bits per heavy atom. The van der Waals surface area contributed by atoms with E-state index in [1.54, 1.807) is 0 Å². The van der Waals surface area contributed by atoms with E-state index in [1.165, 1.54) is 50.4 Å². The lowest BCUT2D eigenvalue weighted by atomic mass is 9.89. The number of hydrogen-bond acceptors (Lipinski definition) is 1. The predicted octanol–water partition coefficient (Wildman–Crippen LogP) is 8.71. The SMILES string of the molecule is c1ccc(-c2cc3c(N(c4ccccc4)c4ccccc4)cc2CCc2ccc(cc2)CC3)cc1. The quantitative estimate of drug-likeness (QED) is 0.264. The third kappa shape index (κ3) is 4.50. The summed E-state index contributed by atoms with van der Waals surface area (Å²) in [6.45, 7) is 0. The fraction of sp³-hybridized carbons (Fsp3) is 0.118. The topological polar surface area (TPSA) is 3.24 Å². The summed E-state index contributed by atoms with van der Waals surface area (Å²) in [6, 6.07) is 46.6. The summed E-state index contributed by atoms with van der Waals surface area (Å²) in [5.41, 5.74) is 11.9. The third-order valence-corrected chi connectivity index (χ3v) is 7.05. The molecule has 0 unspecified atom stereocenters. The zero-order valence-corrected chi connectivity index (χ0v) is 19.9. The van der Waals surface area contributed by atoms with Crippen LogP contribution < -0.4 is 4.90 Å². The fourth-order valence-electron chi connectivity index (χ4n) is 5.19. The lowest BCUT2D eigenvalue weighted by Crippen LogP contribution is -2.14. The van der Waals surface area contributed by atoms with Gasteiger partial charge in [0.25, 0.3) is 0 Å². The van der Waals surface area contributed by atoms with Crippen LogP contribution in [-0.4, -0.2) is 0 Å². The van der Waals surface area contributed by atoms with Crippen molar-refractivity contribution in [2.24, 2.45) is 0 Å². The molecule has 170 valence electrons. The molecule has 0 aliphatic heterocycles. The number of hydrogen-bond donors (Lipinski definition) is 0. The molecule has 0 amide bonds. The van der Waals surface area contributed by atoms with E-state index in [-0.39, 0.29) is 0 Å². The highest BCUT2D eigenvalue weighted by Crippen LogP contribution is 2.40. The Bertz CT molecular complexity index is 1370. The van der Waals surface area contributed by atoms with Crippen molar-refractivity contribution >= 4 is 17.1 Å². The van der Waals surface area contributed by atoms with E-state index in [1.807, 2.05) is 0 Å². The summed E-state index contributed by atoms with van der Waals surface area (Å²) in [7, 11) is 0. The normalized spacial score (nSPS) is 12.7. The molecule has 1 nitrogen and oxygen atoms in total. The van der Waals surface area contributed by atoms with Gasteiger partial charge in [-0.2, -0.15) is 0 Å². The first kappa shape index (κ1) is 21.4. The van der Waals surface area contributed by atoms with Crippen molar-refractivity contribution in [2.45, 2.75) is 25.7 Å². The molecule has 0 N–H and O–H groups in total. The Labute approximate surface area is 208 Å². The largest absolute Gasteiger partial charge is 0.310 e. The third-order valence-electron chi connectivity index (χ3n) is 7.05. The Morgan fingerprint density at radius 1 is 0.429 bits per heavy atom. The zero-order valence-electron chi connectivity index (χ0n) is 19.9. The van der Waals surface area contributed by atoms with Crippen molar-refractivity contribution in [3.8, 4) is 11.1 Å². The van der Waals surface area contributed by atoms with E-state index in [4.69, 9.17) is 0 Å². The highest BCUT2D eigenvalue weighted by molar-refractivity contribution is 5.82. The maximum absolute atomic E-state index is 2.47. The standard InChI is InChI=1S/C34H29N/c1-4-10-28(11-5-1)33-24-30-23-21-27-18-16-26(17-19-27)20-22-29(33)25-34(30)35(31-12-6-2-7-13-31)32-14-8-3-9-15-32/h1-19,24-25H,20-23H2. The maximum atomic E-state index is 2.47. The summed E-state index contributed by atoms with van der Waals surface area (Å²) >= 11 is 0. The van der Waals surface area contributed by atoms with E-state index in [2.05, 4.69) is 132 Å². The lowest BCUT2D eigenvalue weighted by Gasteiger charge is -2.29. The van der Waals surface area contributed by atoms with Crippen molar-refractivity contribution in [2.75, 3.05) is 4.90 Å². The monoisotopic (exact) mass is 451 g/mol. The molecular formula is C34H29N. The Hall–Kier alpha value is -4.10. The van der Waals surface area contributed by atoms with Crippen LogP contribution in [0, 0.1) is 0 Å². The van der Waals surface area contributed by atoms with Gasteiger partial charge in [0.1, 0.15) is 0 Å². The highest BCUT2D eigenvalue weighted by atomic mass is 15.1. The summed E-state index contributed by atoms with van der Waals surface area (Å²) < 4.78 is 0. The van der Waals surface area contributed by atoms with Crippen LogP contribution in [-0.2, 0) is 25.7 Å². The van der Waals surface area contributed by atoms with Gasteiger partial charge >= 0.3 is 0 Å². The molecule has 0 saturated heterocycles. The molecule has 5 aromatic carbocycles. The van der Waals surface area contributed by atoms with Gasteiger partial charge in [0.2, 0.25) is 0 Å². The van der Waals surface area contributed by atoms with Crippen LogP contribution in [0.4, 0.5) is 17.1 Å². The molecule has 1 heteroatoms. The highest BCUT2D eigenvalue weighted by Gasteiger charge is 2.20. The van der Waals surface area contributed by atoms with Crippen LogP contribution in [0.1, 0.15) is 22.3 Å². The first-order chi connectivity index (χ1) is 17.3. The van der Waals surface area contributed by atoms with Crippen LogP contribution in [0.2, 0.25) is 0 Å². The molecular weight excluding hydrogens is 422 g/mol. The van der Waals surface area contributed by atoms with Crippen molar-refractivity contribution in [1.29, 1.82) is 0 Å². The second-order valence-electron chi connectivity index (χ2n) is 9.33. The van der Waals surface area contributed by atoms with E-state index in [0.717, 1.165) is 25.7 Å². The average molecular weight is 452 g/mol. The molecule has 35 heavy (non-hydrogen) atoms. The van der Waals surface area contributed by atoms with Gasteiger partial charge in [0, 0.05) is 17.1 Å². The number of nitrogens with zero attached hydrogens (tertiary/aromatic N) is 1.